The van der Waals surface area contributed by atoms with Crippen molar-refractivity contribution < 1.29 is 19.1 Å². The van der Waals surface area contributed by atoms with Crippen molar-refractivity contribution in [2.24, 2.45) is 0 Å². The number of aromatic nitrogens is 1. The fraction of sp³-hybridized carbons (Fsp3) is 0.261. The first-order chi connectivity index (χ1) is 14.4. The van der Waals surface area contributed by atoms with E-state index in [1.165, 1.54) is 7.11 Å². The predicted octanol–water partition coefficient (Wildman–Crippen LogP) is 2.50. The van der Waals surface area contributed by atoms with E-state index in [1.807, 2.05) is 43.5 Å². The van der Waals surface area contributed by atoms with E-state index in [0.29, 0.717) is 5.56 Å². The number of esters is 1. The molecule has 7 heteroatoms. The van der Waals surface area contributed by atoms with Crippen LogP contribution in [0.15, 0.2) is 54.7 Å². The van der Waals surface area contributed by atoms with Crippen LogP contribution in [0.2, 0.25) is 0 Å². The highest BCUT2D eigenvalue weighted by atomic mass is 16.5. The second kappa shape index (κ2) is 9.26. The van der Waals surface area contributed by atoms with Crippen LogP contribution < -0.4 is 10.6 Å². The van der Waals surface area contributed by atoms with Gasteiger partial charge in [0.05, 0.1) is 7.11 Å². The molecule has 7 nitrogen and oxygen atoms in total. The molecule has 0 aliphatic heterocycles. The third-order valence-electron chi connectivity index (χ3n) is 4.92. The van der Waals surface area contributed by atoms with E-state index in [9.17, 15) is 14.4 Å². The van der Waals surface area contributed by atoms with Gasteiger partial charge in [0.2, 0.25) is 5.91 Å². The highest BCUT2D eigenvalue weighted by Crippen LogP contribution is 2.19. The first kappa shape index (κ1) is 21.1. The van der Waals surface area contributed by atoms with Crippen molar-refractivity contribution in [1.29, 1.82) is 0 Å². The summed E-state index contributed by atoms with van der Waals surface area (Å²) in [5.41, 5.74) is 3.25. The molecule has 2 atom stereocenters. The largest absolute Gasteiger partial charge is 0.467 e. The Morgan fingerprint density at radius 3 is 2.57 bits per heavy atom. The van der Waals surface area contributed by atoms with Gasteiger partial charge in [0.25, 0.3) is 5.91 Å². The molecule has 2 amide bonds. The van der Waals surface area contributed by atoms with Crippen LogP contribution in [-0.4, -0.2) is 42.0 Å². The second-order valence-electron chi connectivity index (χ2n) is 7.21. The first-order valence-electron chi connectivity index (χ1n) is 9.69. The second-order valence-corrected chi connectivity index (χ2v) is 7.21. The molecule has 0 spiro atoms. The molecule has 0 saturated heterocycles. The smallest absolute Gasteiger partial charge is 0.328 e. The van der Waals surface area contributed by atoms with Gasteiger partial charge in [0.1, 0.15) is 12.1 Å². The molecule has 30 heavy (non-hydrogen) atoms. The van der Waals surface area contributed by atoms with E-state index in [0.717, 1.165) is 22.0 Å². The minimum absolute atomic E-state index is 0.265. The van der Waals surface area contributed by atoms with Crippen LogP contribution in [0.25, 0.3) is 10.9 Å². The Labute approximate surface area is 174 Å². The van der Waals surface area contributed by atoms with Crippen molar-refractivity contribution in [3.63, 3.8) is 0 Å². The van der Waals surface area contributed by atoms with E-state index in [2.05, 4.69) is 15.6 Å². The van der Waals surface area contributed by atoms with Crippen molar-refractivity contribution in [3.05, 3.63) is 71.4 Å². The topological polar surface area (TPSA) is 100 Å². The maximum Gasteiger partial charge on any atom is 0.328 e. The number of fused-ring (bicyclic) bond motifs is 1. The number of hydrogen-bond donors (Lipinski definition) is 3. The zero-order valence-corrected chi connectivity index (χ0v) is 17.2. The molecule has 0 radical (unpaired) electrons. The molecule has 1 heterocycles. The molecular weight excluding hydrogens is 382 g/mol. The fourth-order valence-corrected chi connectivity index (χ4v) is 3.28. The number of carbonyl (C=O) groups is 3. The molecular formula is C23H25N3O4. The fourth-order valence-electron chi connectivity index (χ4n) is 3.28. The summed E-state index contributed by atoms with van der Waals surface area (Å²) in [5, 5.41) is 6.33. The quantitative estimate of drug-likeness (QED) is 0.524. The number of H-pyrrole nitrogens is 1. The summed E-state index contributed by atoms with van der Waals surface area (Å²) >= 11 is 0. The van der Waals surface area contributed by atoms with Crippen LogP contribution >= 0.6 is 0 Å². The zero-order chi connectivity index (χ0) is 21.7. The average Bonchev–Trinajstić information content (AvgIpc) is 3.15. The number of ether oxygens (including phenoxy) is 1. The Bertz CT molecular complexity index is 1070. The summed E-state index contributed by atoms with van der Waals surface area (Å²) in [7, 11) is 1.28. The molecule has 3 aromatic rings. The maximum absolute atomic E-state index is 12.7. The summed E-state index contributed by atoms with van der Waals surface area (Å²) in [6.45, 7) is 3.46. The lowest BCUT2D eigenvalue weighted by atomic mass is 10.0. The highest BCUT2D eigenvalue weighted by molar-refractivity contribution is 5.98. The van der Waals surface area contributed by atoms with E-state index in [-0.39, 0.29) is 12.3 Å². The van der Waals surface area contributed by atoms with Crippen molar-refractivity contribution in [1.82, 2.24) is 15.6 Å². The van der Waals surface area contributed by atoms with Gasteiger partial charge in [-0.2, -0.15) is 0 Å². The lowest BCUT2D eigenvalue weighted by molar-refractivity contribution is -0.145. The molecule has 0 saturated carbocycles. The van der Waals surface area contributed by atoms with Crippen LogP contribution in [0.1, 0.15) is 28.4 Å². The third kappa shape index (κ3) is 4.86. The Hall–Kier alpha value is -3.61. The third-order valence-corrected chi connectivity index (χ3v) is 4.92. The van der Waals surface area contributed by atoms with Gasteiger partial charge in [-0.25, -0.2) is 4.79 Å². The zero-order valence-electron chi connectivity index (χ0n) is 17.2. The maximum atomic E-state index is 12.7. The Kier molecular flexibility index (Phi) is 6.51. The van der Waals surface area contributed by atoms with E-state index >= 15 is 0 Å². The number of aromatic amines is 1. The summed E-state index contributed by atoms with van der Waals surface area (Å²) in [4.78, 5) is 40.5. The van der Waals surface area contributed by atoms with Crippen molar-refractivity contribution in [2.75, 3.05) is 7.11 Å². The minimum Gasteiger partial charge on any atom is -0.467 e. The number of nitrogens with one attached hydrogen (secondary N) is 3. The van der Waals surface area contributed by atoms with Gasteiger partial charge in [0.15, 0.2) is 0 Å². The number of benzene rings is 2. The Morgan fingerprint density at radius 2 is 1.83 bits per heavy atom. The molecule has 0 unspecified atom stereocenters. The molecule has 156 valence electrons. The number of aryl methyl sites for hydroxylation is 1. The van der Waals surface area contributed by atoms with Crippen LogP contribution in [-0.2, 0) is 20.7 Å². The number of rotatable bonds is 7. The van der Waals surface area contributed by atoms with Crippen molar-refractivity contribution in [3.8, 4) is 0 Å². The first-order valence-corrected chi connectivity index (χ1v) is 9.69. The average molecular weight is 407 g/mol. The highest BCUT2D eigenvalue weighted by Gasteiger charge is 2.26. The Balaban J connectivity index is 1.69. The monoisotopic (exact) mass is 407 g/mol. The SMILES string of the molecule is COC(=O)[C@@H](Cc1c[nH]c2ccccc12)NC(=O)[C@@H](C)NC(=O)c1cccc(C)c1. The van der Waals surface area contributed by atoms with Gasteiger partial charge in [-0.3, -0.25) is 9.59 Å². The minimum atomic E-state index is -0.875. The van der Waals surface area contributed by atoms with Crippen molar-refractivity contribution >= 4 is 28.7 Å². The van der Waals surface area contributed by atoms with Gasteiger partial charge in [0, 0.05) is 29.1 Å². The van der Waals surface area contributed by atoms with Crippen LogP contribution in [0.3, 0.4) is 0 Å². The van der Waals surface area contributed by atoms with Crippen LogP contribution in [0.5, 0.6) is 0 Å². The lowest BCUT2D eigenvalue weighted by Crippen LogP contribution is -2.51. The van der Waals surface area contributed by atoms with Crippen LogP contribution in [0.4, 0.5) is 0 Å². The van der Waals surface area contributed by atoms with Gasteiger partial charge in [-0.15, -0.1) is 0 Å². The summed E-state index contributed by atoms with van der Waals surface area (Å²) in [5.74, 6) is -1.37. The molecule has 0 aliphatic rings. The van der Waals surface area contributed by atoms with Gasteiger partial charge < -0.3 is 20.4 Å². The number of carbonyl (C=O) groups excluding carboxylic acids is 3. The number of hydrogen-bond acceptors (Lipinski definition) is 4. The molecule has 0 fully saturated rings. The summed E-state index contributed by atoms with van der Waals surface area (Å²) in [6.07, 6.45) is 2.08. The summed E-state index contributed by atoms with van der Waals surface area (Å²) < 4.78 is 4.87. The standard InChI is InChI=1S/C23H25N3O4/c1-14-7-6-8-16(11-14)22(28)25-15(2)21(27)26-20(23(29)30-3)12-17-13-24-19-10-5-4-9-18(17)19/h4-11,13,15,20,24H,12H2,1-3H3,(H,25,28)(H,26,27)/t15-,20-/m1/s1. The lowest BCUT2D eigenvalue weighted by Gasteiger charge is -2.20. The normalized spacial score (nSPS) is 12.8. The number of para-hydroxylation sites is 1. The molecule has 0 bridgehead atoms. The molecule has 3 N–H and O–H groups in total. The van der Waals surface area contributed by atoms with Gasteiger partial charge in [-0.1, -0.05) is 35.9 Å². The number of amides is 2. The van der Waals surface area contributed by atoms with E-state index in [1.54, 1.807) is 25.1 Å². The van der Waals surface area contributed by atoms with Gasteiger partial charge >= 0.3 is 5.97 Å². The predicted molar refractivity (Wildman–Crippen MR) is 114 cm³/mol. The molecule has 3 rings (SSSR count). The molecule has 0 aliphatic carbocycles. The molecule has 1 aromatic heterocycles. The summed E-state index contributed by atoms with van der Waals surface area (Å²) in [6, 6.07) is 13.1. The molecule has 2 aromatic carbocycles. The Morgan fingerprint density at radius 1 is 1.07 bits per heavy atom. The van der Waals surface area contributed by atoms with Crippen molar-refractivity contribution in [2.45, 2.75) is 32.4 Å². The van der Waals surface area contributed by atoms with Gasteiger partial charge in [-0.05, 0) is 37.6 Å². The van der Waals surface area contributed by atoms with E-state index < -0.39 is 24.0 Å². The van der Waals surface area contributed by atoms with E-state index in [4.69, 9.17) is 4.74 Å². The number of methoxy groups -OCH3 is 1. The van der Waals surface area contributed by atoms with Crippen LogP contribution in [0, 0.1) is 6.92 Å².